The predicted octanol–water partition coefficient (Wildman–Crippen LogP) is 3.40. The summed E-state index contributed by atoms with van der Waals surface area (Å²) in [7, 11) is 3.38. The van der Waals surface area contributed by atoms with Crippen molar-refractivity contribution in [3.63, 3.8) is 0 Å². The number of hydrogen-bond donors (Lipinski definition) is 3. The van der Waals surface area contributed by atoms with E-state index in [1.165, 1.54) is 5.69 Å². The van der Waals surface area contributed by atoms with Gasteiger partial charge in [0.2, 0.25) is 0 Å². The minimum atomic E-state index is 0. The summed E-state index contributed by atoms with van der Waals surface area (Å²) in [5, 5.41) is 16.9. The fourth-order valence-electron chi connectivity index (χ4n) is 3.51. The van der Waals surface area contributed by atoms with Gasteiger partial charge in [-0.2, -0.15) is 0 Å². The number of ether oxygens (including phenoxy) is 1. The Kier molecular flexibility index (Phi) is 9.37. The van der Waals surface area contributed by atoms with Gasteiger partial charge in [0.25, 0.3) is 0 Å². The average molecular weight is 510 g/mol. The summed E-state index contributed by atoms with van der Waals surface area (Å²) in [5.41, 5.74) is 2.18. The van der Waals surface area contributed by atoms with Gasteiger partial charge < -0.3 is 25.4 Å². The molecule has 0 spiro atoms. The number of phenols is 1. The Morgan fingerprint density at radius 1 is 1.17 bits per heavy atom. The lowest BCUT2D eigenvalue weighted by molar-refractivity contribution is 0.406. The summed E-state index contributed by atoms with van der Waals surface area (Å²) in [6.45, 7) is 2.78. The number of phenolic OH excluding ortho intramolecular Hbond substituents is 1. The van der Waals surface area contributed by atoms with Crippen molar-refractivity contribution in [3.05, 3.63) is 54.1 Å². The SMILES string of the molecule is CN=C(NCCc1ccc(OC)cc1O)NC1CCN(c2ccccc2)CC1.I. The highest BCUT2D eigenvalue weighted by Gasteiger charge is 2.20. The summed E-state index contributed by atoms with van der Waals surface area (Å²) in [5.74, 6) is 1.73. The highest BCUT2D eigenvalue weighted by Crippen LogP contribution is 2.23. The number of hydrogen-bond acceptors (Lipinski definition) is 4. The first-order chi connectivity index (χ1) is 13.7. The fourth-order valence-corrected chi connectivity index (χ4v) is 3.51. The lowest BCUT2D eigenvalue weighted by Crippen LogP contribution is -2.49. The quantitative estimate of drug-likeness (QED) is 0.316. The maximum Gasteiger partial charge on any atom is 0.191 e. The minimum Gasteiger partial charge on any atom is -0.508 e. The highest BCUT2D eigenvalue weighted by atomic mass is 127. The average Bonchev–Trinajstić information content (AvgIpc) is 2.75. The van der Waals surface area contributed by atoms with Crippen molar-refractivity contribution in [1.29, 1.82) is 0 Å². The van der Waals surface area contributed by atoms with Crippen LogP contribution < -0.4 is 20.3 Å². The lowest BCUT2D eigenvalue weighted by atomic mass is 10.0. The van der Waals surface area contributed by atoms with Gasteiger partial charge in [-0.05, 0) is 43.0 Å². The third-order valence-corrected chi connectivity index (χ3v) is 5.16. The summed E-state index contributed by atoms with van der Waals surface area (Å²) in [4.78, 5) is 6.77. The van der Waals surface area contributed by atoms with Crippen molar-refractivity contribution in [2.24, 2.45) is 4.99 Å². The Balaban J connectivity index is 0.00000300. The molecule has 1 saturated heterocycles. The number of para-hydroxylation sites is 1. The molecule has 1 aliphatic rings. The van der Waals surface area contributed by atoms with Gasteiger partial charge in [-0.25, -0.2) is 0 Å². The van der Waals surface area contributed by atoms with Crippen LogP contribution in [0.2, 0.25) is 0 Å². The van der Waals surface area contributed by atoms with E-state index in [0.29, 0.717) is 24.8 Å². The van der Waals surface area contributed by atoms with Crippen molar-refractivity contribution in [1.82, 2.24) is 10.6 Å². The lowest BCUT2D eigenvalue weighted by Gasteiger charge is -2.34. The molecule has 0 aromatic heterocycles. The van der Waals surface area contributed by atoms with E-state index in [0.717, 1.165) is 37.5 Å². The van der Waals surface area contributed by atoms with Crippen molar-refractivity contribution in [2.75, 3.05) is 38.7 Å². The van der Waals surface area contributed by atoms with E-state index in [4.69, 9.17) is 4.74 Å². The number of halogens is 1. The van der Waals surface area contributed by atoms with E-state index < -0.39 is 0 Å². The van der Waals surface area contributed by atoms with Crippen LogP contribution in [0.4, 0.5) is 5.69 Å². The Hall–Kier alpha value is -2.16. The largest absolute Gasteiger partial charge is 0.508 e. The number of benzene rings is 2. The molecule has 158 valence electrons. The smallest absolute Gasteiger partial charge is 0.191 e. The third-order valence-electron chi connectivity index (χ3n) is 5.16. The molecule has 3 rings (SSSR count). The van der Waals surface area contributed by atoms with Crippen molar-refractivity contribution < 1.29 is 9.84 Å². The molecule has 0 atom stereocenters. The molecular weight excluding hydrogens is 479 g/mol. The molecule has 0 aliphatic carbocycles. The predicted molar refractivity (Wildman–Crippen MR) is 130 cm³/mol. The van der Waals surface area contributed by atoms with E-state index in [1.807, 2.05) is 12.1 Å². The first-order valence-electron chi connectivity index (χ1n) is 9.82. The molecule has 0 bridgehead atoms. The molecule has 1 aliphatic heterocycles. The molecule has 6 nitrogen and oxygen atoms in total. The number of methoxy groups -OCH3 is 1. The van der Waals surface area contributed by atoms with Crippen LogP contribution in [0.25, 0.3) is 0 Å². The Labute approximate surface area is 190 Å². The summed E-state index contributed by atoms with van der Waals surface area (Å²) in [6.07, 6.45) is 2.87. The second-order valence-electron chi connectivity index (χ2n) is 6.98. The monoisotopic (exact) mass is 510 g/mol. The van der Waals surface area contributed by atoms with E-state index in [1.54, 1.807) is 20.2 Å². The van der Waals surface area contributed by atoms with Crippen LogP contribution in [0.1, 0.15) is 18.4 Å². The Morgan fingerprint density at radius 2 is 1.90 bits per heavy atom. The Bertz CT molecular complexity index is 778. The summed E-state index contributed by atoms with van der Waals surface area (Å²) in [6, 6.07) is 16.4. The van der Waals surface area contributed by atoms with Crippen LogP contribution in [0.15, 0.2) is 53.5 Å². The zero-order valence-electron chi connectivity index (χ0n) is 17.1. The van der Waals surface area contributed by atoms with Crippen molar-refractivity contribution in [3.8, 4) is 11.5 Å². The van der Waals surface area contributed by atoms with Gasteiger partial charge in [0.15, 0.2) is 5.96 Å². The van der Waals surface area contributed by atoms with Gasteiger partial charge in [0.05, 0.1) is 7.11 Å². The number of piperidine rings is 1. The summed E-state index contributed by atoms with van der Waals surface area (Å²) < 4.78 is 5.12. The maximum absolute atomic E-state index is 10.1. The van der Waals surface area contributed by atoms with Gasteiger partial charge in [-0.1, -0.05) is 24.3 Å². The number of guanidine groups is 1. The third kappa shape index (κ3) is 6.69. The molecule has 1 fully saturated rings. The van der Waals surface area contributed by atoms with Gasteiger partial charge in [0, 0.05) is 44.5 Å². The molecule has 2 aromatic carbocycles. The number of aromatic hydroxyl groups is 1. The number of anilines is 1. The number of rotatable bonds is 6. The molecule has 2 aromatic rings. The van der Waals surface area contributed by atoms with E-state index >= 15 is 0 Å². The van der Waals surface area contributed by atoms with Gasteiger partial charge in [0.1, 0.15) is 11.5 Å². The Morgan fingerprint density at radius 3 is 2.52 bits per heavy atom. The second-order valence-corrected chi connectivity index (χ2v) is 6.98. The zero-order valence-corrected chi connectivity index (χ0v) is 19.4. The molecule has 0 radical (unpaired) electrons. The van der Waals surface area contributed by atoms with Crippen LogP contribution in [-0.2, 0) is 6.42 Å². The first-order valence-corrected chi connectivity index (χ1v) is 9.82. The normalized spacial score (nSPS) is 14.8. The van der Waals surface area contributed by atoms with Crippen LogP contribution in [-0.4, -0.2) is 50.9 Å². The maximum atomic E-state index is 10.1. The van der Waals surface area contributed by atoms with Gasteiger partial charge in [-0.3, -0.25) is 4.99 Å². The van der Waals surface area contributed by atoms with Crippen LogP contribution >= 0.6 is 24.0 Å². The number of nitrogens with zero attached hydrogens (tertiary/aromatic N) is 2. The molecule has 0 saturated carbocycles. The molecule has 3 N–H and O–H groups in total. The van der Waals surface area contributed by atoms with E-state index in [2.05, 4.69) is 50.9 Å². The molecule has 29 heavy (non-hydrogen) atoms. The second kappa shape index (κ2) is 11.7. The molecule has 7 heteroatoms. The number of nitrogens with one attached hydrogen (secondary N) is 2. The fraction of sp³-hybridized carbons (Fsp3) is 0.409. The number of aliphatic imine (C=N–C) groups is 1. The van der Waals surface area contributed by atoms with Crippen molar-refractivity contribution >= 4 is 35.6 Å². The van der Waals surface area contributed by atoms with Gasteiger partial charge in [-0.15, -0.1) is 24.0 Å². The van der Waals surface area contributed by atoms with Crippen LogP contribution in [0.5, 0.6) is 11.5 Å². The van der Waals surface area contributed by atoms with E-state index in [9.17, 15) is 5.11 Å². The first kappa shape index (κ1) is 23.1. The molecule has 0 amide bonds. The van der Waals surface area contributed by atoms with Crippen molar-refractivity contribution in [2.45, 2.75) is 25.3 Å². The van der Waals surface area contributed by atoms with E-state index in [-0.39, 0.29) is 29.7 Å². The zero-order chi connectivity index (χ0) is 19.8. The standard InChI is InChI=1S/C22H30N4O2.HI/c1-23-22(24-13-10-17-8-9-20(28-2)16-21(17)27)25-18-11-14-26(15-12-18)19-6-4-3-5-7-19;/h3-9,16,18,27H,10-15H2,1-2H3,(H2,23,24,25);1H. The molecule has 0 unspecified atom stereocenters. The molecule has 1 heterocycles. The van der Waals surface area contributed by atoms with Crippen LogP contribution in [0.3, 0.4) is 0 Å². The highest BCUT2D eigenvalue weighted by molar-refractivity contribution is 14.0. The topological polar surface area (TPSA) is 69.1 Å². The van der Waals surface area contributed by atoms with Gasteiger partial charge >= 0.3 is 0 Å². The molecular formula is C22H31IN4O2. The van der Waals surface area contributed by atoms with Crippen LogP contribution in [0, 0.1) is 0 Å². The minimum absolute atomic E-state index is 0. The summed E-state index contributed by atoms with van der Waals surface area (Å²) >= 11 is 0.